The highest BCUT2D eigenvalue weighted by Crippen LogP contribution is 2.29. The molecule has 2 nitrogen and oxygen atoms in total. The Morgan fingerprint density at radius 3 is 2.94 bits per heavy atom. The number of nitrogens with zero attached hydrogens (tertiary/aromatic N) is 1. The Labute approximate surface area is 116 Å². The van der Waals surface area contributed by atoms with E-state index in [0.29, 0.717) is 5.02 Å². The first-order valence-electron chi connectivity index (χ1n) is 5.63. The molecule has 1 N–H and O–H groups in total. The maximum absolute atomic E-state index is 9.41. The average molecular weight is 292 g/mol. The van der Waals surface area contributed by atoms with Crippen molar-refractivity contribution in [3.63, 3.8) is 0 Å². The van der Waals surface area contributed by atoms with Gasteiger partial charge in [0.05, 0.1) is 11.1 Å². The number of aliphatic hydroxyl groups excluding tert-OH is 1. The second-order valence-electron chi connectivity index (χ2n) is 4.17. The van der Waals surface area contributed by atoms with Gasteiger partial charge < -0.3 is 5.11 Å². The van der Waals surface area contributed by atoms with Crippen LogP contribution in [0.2, 0.25) is 10.0 Å². The van der Waals surface area contributed by atoms with E-state index in [4.69, 9.17) is 23.2 Å². The fourth-order valence-corrected chi connectivity index (χ4v) is 3.39. The molecule has 1 aromatic carbocycles. The van der Waals surface area contributed by atoms with Gasteiger partial charge in [0, 0.05) is 35.3 Å². The first kappa shape index (κ1) is 13.5. The van der Waals surface area contributed by atoms with Crippen molar-refractivity contribution in [3.8, 4) is 0 Å². The Balaban J connectivity index is 1.80. The van der Waals surface area contributed by atoms with Crippen molar-refractivity contribution in [2.45, 2.75) is 17.4 Å². The molecule has 0 aliphatic carbocycles. The quantitative estimate of drug-likeness (QED) is 0.862. The fraction of sp³-hybridized carbons (Fsp3) is 0.500. The summed E-state index contributed by atoms with van der Waals surface area (Å²) in [5, 5.41) is 10.9. The minimum absolute atomic E-state index is 0.144. The minimum atomic E-state index is -0.144. The van der Waals surface area contributed by atoms with Gasteiger partial charge in [-0.1, -0.05) is 23.2 Å². The van der Waals surface area contributed by atoms with Gasteiger partial charge in [0.1, 0.15) is 0 Å². The maximum Gasteiger partial charge on any atom is 0.0679 e. The van der Waals surface area contributed by atoms with Crippen molar-refractivity contribution in [2.75, 3.05) is 25.4 Å². The predicted molar refractivity (Wildman–Crippen MR) is 74.2 cm³/mol. The Morgan fingerprint density at radius 2 is 2.24 bits per heavy atom. The van der Waals surface area contributed by atoms with Crippen molar-refractivity contribution >= 4 is 35.0 Å². The molecule has 0 amide bonds. The zero-order chi connectivity index (χ0) is 12.3. The van der Waals surface area contributed by atoms with Crippen LogP contribution in [0.3, 0.4) is 0 Å². The molecular formula is C12H15Cl2NOS. The van der Waals surface area contributed by atoms with Crippen LogP contribution in [0.4, 0.5) is 0 Å². The molecule has 0 aromatic heterocycles. The van der Waals surface area contributed by atoms with Gasteiger partial charge in [0.25, 0.3) is 0 Å². The topological polar surface area (TPSA) is 23.5 Å². The average Bonchev–Trinajstić information content (AvgIpc) is 2.69. The molecule has 1 saturated heterocycles. The largest absolute Gasteiger partial charge is 0.392 e. The van der Waals surface area contributed by atoms with Crippen LogP contribution in [0.25, 0.3) is 0 Å². The number of halogens is 2. The number of aliphatic hydroxyl groups is 1. The summed E-state index contributed by atoms with van der Waals surface area (Å²) in [6.07, 6.45) is 0.748. The molecular weight excluding hydrogens is 277 g/mol. The van der Waals surface area contributed by atoms with Crippen LogP contribution in [-0.2, 0) is 0 Å². The molecule has 94 valence electrons. The lowest BCUT2D eigenvalue weighted by Gasteiger charge is -2.14. The summed E-state index contributed by atoms with van der Waals surface area (Å²) in [7, 11) is 0. The second-order valence-corrected chi connectivity index (χ2v) is 6.15. The molecule has 2 rings (SSSR count). The molecule has 0 radical (unpaired) electrons. The standard InChI is InChI=1S/C12H15Cl2NOS/c13-9-1-2-11(14)12(7-9)17-6-5-15-4-3-10(16)8-15/h1-2,7,10,16H,3-6,8H2/t10-/m1/s1. The molecule has 0 spiro atoms. The molecule has 1 aromatic rings. The van der Waals surface area contributed by atoms with E-state index in [1.54, 1.807) is 17.8 Å². The Hall–Kier alpha value is 0.0700. The Bertz CT molecular complexity index is 389. The maximum atomic E-state index is 9.41. The van der Waals surface area contributed by atoms with Crippen molar-refractivity contribution in [1.29, 1.82) is 0 Å². The van der Waals surface area contributed by atoms with E-state index in [-0.39, 0.29) is 6.10 Å². The summed E-state index contributed by atoms with van der Waals surface area (Å²) in [6, 6.07) is 5.52. The van der Waals surface area contributed by atoms with Gasteiger partial charge >= 0.3 is 0 Å². The summed E-state index contributed by atoms with van der Waals surface area (Å²) >= 11 is 13.7. The number of hydrogen-bond acceptors (Lipinski definition) is 3. The first-order valence-corrected chi connectivity index (χ1v) is 7.37. The third kappa shape index (κ3) is 4.04. The van der Waals surface area contributed by atoms with E-state index >= 15 is 0 Å². The van der Waals surface area contributed by atoms with Gasteiger partial charge in [0.15, 0.2) is 0 Å². The predicted octanol–water partition coefficient (Wildman–Crippen LogP) is 3.15. The minimum Gasteiger partial charge on any atom is -0.392 e. The smallest absolute Gasteiger partial charge is 0.0679 e. The molecule has 0 unspecified atom stereocenters. The Morgan fingerprint density at radius 1 is 1.41 bits per heavy atom. The number of hydrogen-bond donors (Lipinski definition) is 1. The van der Waals surface area contributed by atoms with E-state index in [0.717, 1.165) is 41.7 Å². The number of rotatable bonds is 4. The van der Waals surface area contributed by atoms with Crippen molar-refractivity contribution in [2.24, 2.45) is 0 Å². The highest BCUT2D eigenvalue weighted by atomic mass is 35.5. The molecule has 0 bridgehead atoms. The van der Waals surface area contributed by atoms with Gasteiger partial charge in [0.2, 0.25) is 0 Å². The first-order chi connectivity index (χ1) is 8.15. The summed E-state index contributed by atoms with van der Waals surface area (Å²) in [6.45, 7) is 2.76. The number of likely N-dealkylation sites (tertiary alicyclic amines) is 1. The molecule has 1 aliphatic heterocycles. The zero-order valence-electron chi connectivity index (χ0n) is 9.40. The molecule has 1 fully saturated rings. The van der Waals surface area contributed by atoms with Gasteiger partial charge in [-0.05, 0) is 24.6 Å². The molecule has 0 saturated carbocycles. The van der Waals surface area contributed by atoms with Gasteiger partial charge in [-0.15, -0.1) is 11.8 Å². The van der Waals surface area contributed by atoms with Crippen LogP contribution in [0.1, 0.15) is 6.42 Å². The summed E-state index contributed by atoms with van der Waals surface area (Å²) in [5.41, 5.74) is 0. The molecule has 17 heavy (non-hydrogen) atoms. The SMILES string of the molecule is O[C@@H]1CCN(CCSc2cc(Cl)ccc2Cl)C1. The Kier molecular flexibility index (Phi) is 5.00. The summed E-state index contributed by atoms with van der Waals surface area (Å²) in [5.74, 6) is 0.965. The van der Waals surface area contributed by atoms with E-state index < -0.39 is 0 Å². The van der Waals surface area contributed by atoms with Crippen LogP contribution in [-0.4, -0.2) is 41.5 Å². The number of thioether (sulfide) groups is 1. The van der Waals surface area contributed by atoms with Gasteiger partial charge in [-0.3, -0.25) is 4.90 Å². The van der Waals surface area contributed by atoms with Crippen LogP contribution in [0, 0.1) is 0 Å². The monoisotopic (exact) mass is 291 g/mol. The second kappa shape index (κ2) is 6.30. The van der Waals surface area contributed by atoms with Crippen LogP contribution in [0.15, 0.2) is 23.1 Å². The number of β-amino-alcohol motifs (C(OH)–C–C–N with tert-alkyl or cyclic N) is 1. The van der Waals surface area contributed by atoms with E-state index in [1.807, 2.05) is 12.1 Å². The van der Waals surface area contributed by atoms with E-state index in [1.165, 1.54) is 0 Å². The number of benzene rings is 1. The molecule has 5 heteroatoms. The fourth-order valence-electron chi connectivity index (χ4n) is 1.89. The van der Waals surface area contributed by atoms with Crippen LogP contribution in [0.5, 0.6) is 0 Å². The zero-order valence-corrected chi connectivity index (χ0v) is 11.7. The normalized spacial score (nSPS) is 21.0. The van der Waals surface area contributed by atoms with Crippen molar-refractivity contribution in [1.82, 2.24) is 4.90 Å². The lowest BCUT2D eigenvalue weighted by molar-refractivity contribution is 0.178. The summed E-state index contributed by atoms with van der Waals surface area (Å²) in [4.78, 5) is 3.30. The van der Waals surface area contributed by atoms with Crippen molar-refractivity contribution in [3.05, 3.63) is 28.2 Å². The van der Waals surface area contributed by atoms with Crippen LogP contribution < -0.4 is 0 Å². The summed E-state index contributed by atoms with van der Waals surface area (Å²) < 4.78 is 0. The lowest BCUT2D eigenvalue weighted by atomic mass is 10.3. The van der Waals surface area contributed by atoms with Gasteiger partial charge in [-0.2, -0.15) is 0 Å². The lowest BCUT2D eigenvalue weighted by Crippen LogP contribution is -2.24. The van der Waals surface area contributed by atoms with Crippen molar-refractivity contribution < 1.29 is 5.11 Å². The van der Waals surface area contributed by atoms with Crippen LogP contribution >= 0.6 is 35.0 Å². The molecule has 1 aliphatic rings. The van der Waals surface area contributed by atoms with E-state index in [2.05, 4.69) is 4.90 Å². The third-order valence-corrected chi connectivity index (χ3v) is 4.52. The molecule has 1 atom stereocenters. The molecule has 1 heterocycles. The third-order valence-electron chi connectivity index (χ3n) is 2.81. The highest BCUT2D eigenvalue weighted by Gasteiger charge is 2.19. The van der Waals surface area contributed by atoms with Gasteiger partial charge in [-0.25, -0.2) is 0 Å². The van der Waals surface area contributed by atoms with E-state index in [9.17, 15) is 5.11 Å². The highest BCUT2D eigenvalue weighted by molar-refractivity contribution is 7.99.